The summed E-state index contributed by atoms with van der Waals surface area (Å²) in [7, 11) is 0. The number of rotatable bonds is 11. The highest BCUT2D eigenvalue weighted by molar-refractivity contribution is 5.73. The number of ether oxygens (including phenoxy) is 6. The van der Waals surface area contributed by atoms with Crippen molar-refractivity contribution in [3.05, 3.63) is 0 Å². The van der Waals surface area contributed by atoms with Crippen molar-refractivity contribution in [1.29, 1.82) is 0 Å². The van der Waals surface area contributed by atoms with Crippen LogP contribution in [0.25, 0.3) is 0 Å². The van der Waals surface area contributed by atoms with Crippen LogP contribution in [0.3, 0.4) is 0 Å². The molecule has 0 bridgehead atoms. The second kappa shape index (κ2) is 16.7. The summed E-state index contributed by atoms with van der Waals surface area (Å²) in [5.41, 5.74) is 0. The van der Waals surface area contributed by atoms with Gasteiger partial charge in [-0.25, -0.2) is 0 Å². The van der Waals surface area contributed by atoms with Gasteiger partial charge in [-0.3, -0.25) is 4.79 Å². The highest BCUT2D eigenvalue weighted by atomic mass is 16.7. The van der Waals surface area contributed by atoms with Gasteiger partial charge in [-0.05, 0) is 25.7 Å². The highest BCUT2D eigenvalue weighted by Gasteiger charge is 2.52. The molecule has 47 heavy (non-hydrogen) atoms. The van der Waals surface area contributed by atoms with Crippen molar-refractivity contribution in [2.45, 2.75) is 157 Å². The molecule has 11 N–H and O–H groups in total. The minimum absolute atomic E-state index is 0.151. The van der Waals surface area contributed by atoms with E-state index < -0.39 is 129 Å². The van der Waals surface area contributed by atoms with Crippen LogP contribution >= 0.6 is 0 Å². The van der Waals surface area contributed by atoms with Crippen molar-refractivity contribution in [1.82, 2.24) is 5.32 Å². The van der Waals surface area contributed by atoms with Crippen LogP contribution in [0.1, 0.15) is 46.5 Å². The van der Waals surface area contributed by atoms with Gasteiger partial charge in [0.1, 0.15) is 61.0 Å². The van der Waals surface area contributed by atoms with Crippen molar-refractivity contribution >= 4 is 5.91 Å². The molecule has 0 radical (unpaired) electrons. The first-order chi connectivity index (χ1) is 22.2. The Labute approximate surface area is 271 Å². The second-order valence-electron chi connectivity index (χ2n) is 13.0. The van der Waals surface area contributed by atoms with E-state index in [4.69, 9.17) is 28.4 Å². The Balaban J connectivity index is 1.49. The van der Waals surface area contributed by atoms with E-state index in [1.807, 2.05) is 6.92 Å². The van der Waals surface area contributed by atoms with E-state index in [2.05, 4.69) is 5.32 Å². The van der Waals surface area contributed by atoms with Crippen LogP contribution in [0.5, 0.6) is 0 Å². The van der Waals surface area contributed by atoms with Crippen LogP contribution in [-0.2, 0) is 33.2 Å². The Morgan fingerprint density at radius 1 is 0.830 bits per heavy atom. The number of hydrogen-bond acceptors (Lipinski definition) is 17. The first kappa shape index (κ1) is 38.6. The molecule has 3 saturated heterocycles. The van der Waals surface area contributed by atoms with Gasteiger partial charge >= 0.3 is 0 Å². The van der Waals surface area contributed by atoms with Crippen molar-refractivity contribution in [3.8, 4) is 0 Å². The van der Waals surface area contributed by atoms with Crippen molar-refractivity contribution in [3.63, 3.8) is 0 Å². The molecule has 4 fully saturated rings. The standard InChI is InChI=1S/C29H51NO17/c1-10-5-4-6-15(25(10)47-28-23(40)22(39)19(36)11(2)42-28)43-29-24(41)27(21(38)16(9-32)44-29)46-17-7-13(34)18(30-12(3)33)26(45-17)20(37)14(35)8-31/h10-11,13-29,31-32,34-41H,4-9H2,1-3H3,(H,30,33)/t10-,11-,13-,14+,15?,16+,17?,18+,19+,20+,21-,22+,23-,24+,25+,26+,27-,28?,29+/m0/s1. The first-order valence-electron chi connectivity index (χ1n) is 16.0. The number of carbonyl (C=O) groups is 1. The van der Waals surface area contributed by atoms with Crippen LogP contribution in [0, 0.1) is 5.92 Å². The highest BCUT2D eigenvalue weighted by Crippen LogP contribution is 2.36. The predicted octanol–water partition coefficient (Wildman–Crippen LogP) is -5.08. The van der Waals surface area contributed by atoms with Crippen LogP contribution in [-0.4, -0.2) is 181 Å². The smallest absolute Gasteiger partial charge is 0.217 e. The molecule has 19 atom stereocenters. The lowest BCUT2D eigenvalue weighted by atomic mass is 9.85. The SMILES string of the molecule is CC(=O)N[C@H]1[C@H]([C@H](O)[C@H](O)CO)OC(O[C@H]2[C@@H](O)[C@@H](CO)O[C@@H](OC3CCC[C@H](C)[C@H]3OC3O[C@@H](C)[C@@H](O)[C@@H](O)[C@@H]3O)[C@@H]2O)C[C@@H]1O. The topological polar surface area (TPSA) is 287 Å². The van der Waals surface area contributed by atoms with Gasteiger partial charge in [0.2, 0.25) is 5.91 Å². The van der Waals surface area contributed by atoms with E-state index in [1.165, 1.54) is 13.8 Å². The average molecular weight is 686 g/mol. The molecule has 0 aromatic carbocycles. The summed E-state index contributed by atoms with van der Waals surface area (Å²) in [4.78, 5) is 11.8. The number of nitrogens with one attached hydrogen (secondary N) is 1. The molecule has 0 spiro atoms. The van der Waals surface area contributed by atoms with Crippen molar-refractivity contribution in [2.75, 3.05) is 13.2 Å². The van der Waals surface area contributed by atoms with Crippen LogP contribution < -0.4 is 5.32 Å². The van der Waals surface area contributed by atoms with Gasteiger partial charge in [-0.15, -0.1) is 0 Å². The maximum absolute atomic E-state index is 11.8. The van der Waals surface area contributed by atoms with Crippen molar-refractivity contribution < 1.29 is 84.3 Å². The normalized spacial score (nSPS) is 47.6. The Kier molecular flexibility index (Phi) is 13.7. The molecular formula is C29H51NO17. The third-order valence-electron chi connectivity index (χ3n) is 9.41. The zero-order valence-electron chi connectivity index (χ0n) is 26.5. The van der Waals surface area contributed by atoms with Crippen LogP contribution in [0.2, 0.25) is 0 Å². The molecule has 0 aromatic rings. The first-order valence-corrected chi connectivity index (χ1v) is 16.0. The largest absolute Gasteiger partial charge is 0.394 e. The van der Waals surface area contributed by atoms with E-state index in [0.29, 0.717) is 19.3 Å². The van der Waals surface area contributed by atoms with Crippen LogP contribution in [0.15, 0.2) is 0 Å². The molecule has 1 amide bonds. The summed E-state index contributed by atoms with van der Waals surface area (Å²) in [6, 6.07) is -1.21. The fraction of sp³-hybridized carbons (Fsp3) is 0.966. The zero-order chi connectivity index (χ0) is 34.7. The van der Waals surface area contributed by atoms with E-state index in [1.54, 1.807) is 0 Å². The third kappa shape index (κ3) is 8.77. The monoisotopic (exact) mass is 685 g/mol. The summed E-state index contributed by atoms with van der Waals surface area (Å²) in [5.74, 6) is -0.719. The molecule has 3 aliphatic heterocycles. The van der Waals surface area contributed by atoms with Gasteiger partial charge in [-0.1, -0.05) is 13.3 Å². The summed E-state index contributed by atoms with van der Waals surface area (Å²) in [5, 5.41) is 106. The number of carbonyl (C=O) groups excluding carboxylic acids is 1. The second-order valence-corrected chi connectivity index (χ2v) is 13.0. The number of hydrogen-bond donors (Lipinski definition) is 11. The van der Waals surface area contributed by atoms with Gasteiger partial charge in [0.15, 0.2) is 18.9 Å². The molecule has 4 rings (SSSR count). The van der Waals surface area contributed by atoms with Gasteiger partial charge < -0.3 is 84.8 Å². The number of aliphatic hydroxyl groups excluding tert-OH is 10. The van der Waals surface area contributed by atoms with Gasteiger partial charge in [0, 0.05) is 13.3 Å². The lowest BCUT2D eigenvalue weighted by Gasteiger charge is -2.48. The quantitative estimate of drug-likeness (QED) is 0.0970. The number of aliphatic hydroxyl groups is 10. The maximum Gasteiger partial charge on any atom is 0.217 e. The van der Waals surface area contributed by atoms with Crippen LogP contribution in [0.4, 0.5) is 0 Å². The molecule has 3 unspecified atom stereocenters. The fourth-order valence-corrected chi connectivity index (χ4v) is 6.66. The molecule has 0 aromatic heterocycles. The molecule has 274 valence electrons. The minimum atomic E-state index is -1.78. The molecular weight excluding hydrogens is 634 g/mol. The summed E-state index contributed by atoms with van der Waals surface area (Å²) >= 11 is 0. The Bertz CT molecular complexity index is 996. The van der Waals surface area contributed by atoms with E-state index >= 15 is 0 Å². The Hall–Kier alpha value is -1.17. The van der Waals surface area contributed by atoms with Gasteiger partial charge in [0.05, 0.1) is 43.7 Å². The predicted molar refractivity (Wildman–Crippen MR) is 154 cm³/mol. The average Bonchev–Trinajstić information content (AvgIpc) is 3.03. The lowest BCUT2D eigenvalue weighted by molar-refractivity contribution is -0.361. The molecule has 4 aliphatic rings. The summed E-state index contributed by atoms with van der Waals surface area (Å²) in [6.07, 6.45) is -22.0. The van der Waals surface area contributed by atoms with E-state index in [-0.39, 0.29) is 12.3 Å². The molecule has 18 heteroatoms. The van der Waals surface area contributed by atoms with Gasteiger partial charge in [-0.2, -0.15) is 0 Å². The zero-order valence-corrected chi connectivity index (χ0v) is 26.5. The molecule has 1 saturated carbocycles. The Morgan fingerprint density at radius 3 is 2.15 bits per heavy atom. The molecule has 1 aliphatic carbocycles. The molecule has 3 heterocycles. The fourth-order valence-electron chi connectivity index (χ4n) is 6.66. The summed E-state index contributed by atoms with van der Waals surface area (Å²) in [6.45, 7) is 3.01. The molecule has 18 nitrogen and oxygen atoms in total. The van der Waals surface area contributed by atoms with E-state index in [0.717, 1.165) is 0 Å². The number of amides is 1. The lowest BCUT2D eigenvalue weighted by Crippen LogP contribution is -2.65. The third-order valence-corrected chi connectivity index (χ3v) is 9.41. The van der Waals surface area contributed by atoms with E-state index in [9.17, 15) is 55.9 Å². The maximum atomic E-state index is 11.8. The Morgan fingerprint density at radius 2 is 1.51 bits per heavy atom. The minimum Gasteiger partial charge on any atom is -0.394 e. The van der Waals surface area contributed by atoms with Gasteiger partial charge in [0.25, 0.3) is 0 Å². The summed E-state index contributed by atoms with van der Waals surface area (Å²) < 4.78 is 35.3. The van der Waals surface area contributed by atoms with Crippen molar-refractivity contribution in [2.24, 2.45) is 5.92 Å².